The number of likely N-dealkylation sites (tertiary alicyclic amines) is 1. The lowest BCUT2D eigenvalue weighted by molar-refractivity contribution is 0.0595. The van der Waals surface area contributed by atoms with E-state index < -0.39 is 0 Å². The molecule has 2 aromatic carbocycles. The van der Waals surface area contributed by atoms with E-state index in [2.05, 4.69) is 6.07 Å². The molecule has 0 saturated carbocycles. The maximum Gasteiger partial charge on any atom is 0.253 e. The highest BCUT2D eigenvalue weighted by Gasteiger charge is 2.25. The van der Waals surface area contributed by atoms with Crippen LogP contribution >= 0.6 is 11.6 Å². The van der Waals surface area contributed by atoms with E-state index in [0.717, 1.165) is 12.8 Å². The average Bonchev–Trinajstić information content (AvgIpc) is 2.64. The lowest BCUT2D eigenvalue weighted by Gasteiger charge is -2.32. The van der Waals surface area contributed by atoms with Gasteiger partial charge in [-0.1, -0.05) is 23.7 Å². The highest BCUT2D eigenvalue weighted by molar-refractivity contribution is 6.32. The summed E-state index contributed by atoms with van der Waals surface area (Å²) in [5.74, 6) is 0.687. The fraction of sp³-hybridized carbons (Fsp3) is 0.263. The maximum atomic E-state index is 12.5. The number of carbonyl (C=O) groups is 1. The third-order valence-electron chi connectivity index (χ3n) is 4.12. The summed E-state index contributed by atoms with van der Waals surface area (Å²) in [6.45, 7) is 1.29. The van der Waals surface area contributed by atoms with Crippen LogP contribution < -0.4 is 4.74 Å². The van der Waals surface area contributed by atoms with Crippen LogP contribution in [0.5, 0.6) is 5.75 Å². The number of hydrogen-bond acceptors (Lipinski definition) is 3. The molecule has 24 heavy (non-hydrogen) atoms. The van der Waals surface area contributed by atoms with Gasteiger partial charge in [-0.05, 0) is 36.4 Å². The third-order valence-corrected chi connectivity index (χ3v) is 4.43. The SMILES string of the molecule is N#Cc1ccc(C(=O)N2CCC(Oc3ccccc3Cl)CC2)cc1. The van der Waals surface area contributed by atoms with E-state index in [1.165, 1.54) is 0 Å². The zero-order valence-corrected chi connectivity index (χ0v) is 13.9. The van der Waals surface area contributed by atoms with Crippen molar-refractivity contribution in [2.24, 2.45) is 0 Å². The van der Waals surface area contributed by atoms with Gasteiger partial charge in [0.15, 0.2) is 0 Å². The molecular weight excluding hydrogens is 324 g/mol. The van der Waals surface area contributed by atoms with Crippen molar-refractivity contribution >= 4 is 17.5 Å². The highest BCUT2D eigenvalue weighted by atomic mass is 35.5. The zero-order chi connectivity index (χ0) is 16.9. The first-order chi connectivity index (χ1) is 11.7. The summed E-state index contributed by atoms with van der Waals surface area (Å²) < 4.78 is 5.94. The first-order valence-electron chi connectivity index (χ1n) is 7.88. The molecule has 3 rings (SSSR count). The van der Waals surface area contributed by atoms with Crippen molar-refractivity contribution in [2.45, 2.75) is 18.9 Å². The van der Waals surface area contributed by atoms with Gasteiger partial charge in [0.25, 0.3) is 5.91 Å². The molecule has 1 aliphatic rings. The fourth-order valence-corrected chi connectivity index (χ4v) is 2.95. The number of amides is 1. The van der Waals surface area contributed by atoms with Crippen LogP contribution in [0.2, 0.25) is 5.02 Å². The van der Waals surface area contributed by atoms with Crippen molar-refractivity contribution in [1.82, 2.24) is 4.90 Å². The second-order valence-electron chi connectivity index (χ2n) is 5.73. The smallest absolute Gasteiger partial charge is 0.253 e. The van der Waals surface area contributed by atoms with E-state index in [1.54, 1.807) is 30.3 Å². The number of piperidine rings is 1. The Hall–Kier alpha value is -2.51. The molecule has 0 atom stereocenters. The Morgan fingerprint density at radius 2 is 1.79 bits per heavy atom. The number of nitriles is 1. The van der Waals surface area contributed by atoms with Crippen molar-refractivity contribution in [1.29, 1.82) is 5.26 Å². The predicted octanol–water partition coefficient (Wildman–Crippen LogP) is 3.90. The van der Waals surface area contributed by atoms with Gasteiger partial charge >= 0.3 is 0 Å². The average molecular weight is 341 g/mol. The lowest BCUT2D eigenvalue weighted by Crippen LogP contribution is -2.41. The molecule has 1 heterocycles. The number of ether oxygens (including phenoxy) is 1. The number of rotatable bonds is 3. The molecule has 0 aliphatic carbocycles. The van der Waals surface area contributed by atoms with Crippen molar-refractivity contribution in [3.63, 3.8) is 0 Å². The molecule has 0 aromatic heterocycles. The van der Waals surface area contributed by atoms with Gasteiger partial charge in [0.05, 0.1) is 16.7 Å². The molecule has 0 spiro atoms. The lowest BCUT2D eigenvalue weighted by atomic mass is 10.1. The Bertz CT molecular complexity index is 760. The Morgan fingerprint density at radius 1 is 1.12 bits per heavy atom. The van der Waals surface area contributed by atoms with Crippen LogP contribution in [0, 0.1) is 11.3 Å². The molecular formula is C19H17ClN2O2. The molecule has 5 heteroatoms. The number of benzene rings is 2. The van der Waals surface area contributed by atoms with Gasteiger partial charge in [0, 0.05) is 31.5 Å². The van der Waals surface area contributed by atoms with E-state index in [4.69, 9.17) is 21.6 Å². The van der Waals surface area contributed by atoms with Crippen molar-refractivity contribution < 1.29 is 9.53 Å². The zero-order valence-electron chi connectivity index (χ0n) is 13.1. The Balaban J connectivity index is 1.57. The minimum Gasteiger partial charge on any atom is -0.489 e. The summed E-state index contributed by atoms with van der Waals surface area (Å²) in [5, 5.41) is 9.42. The number of hydrogen-bond donors (Lipinski definition) is 0. The summed E-state index contributed by atoms with van der Waals surface area (Å²) in [7, 11) is 0. The molecule has 1 fully saturated rings. The van der Waals surface area contributed by atoms with Crippen LogP contribution in [0.3, 0.4) is 0 Å². The molecule has 1 saturated heterocycles. The fourth-order valence-electron chi connectivity index (χ4n) is 2.77. The van der Waals surface area contributed by atoms with Crippen molar-refractivity contribution in [3.05, 3.63) is 64.7 Å². The van der Waals surface area contributed by atoms with E-state index in [0.29, 0.717) is 35.0 Å². The van der Waals surface area contributed by atoms with E-state index in [1.807, 2.05) is 23.1 Å². The van der Waals surface area contributed by atoms with Crippen LogP contribution in [0.25, 0.3) is 0 Å². The largest absolute Gasteiger partial charge is 0.489 e. The maximum absolute atomic E-state index is 12.5. The van der Waals surface area contributed by atoms with Crippen LogP contribution in [-0.4, -0.2) is 30.0 Å². The Kier molecular flexibility index (Phi) is 5.02. The molecule has 1 amide bonds. The van der Waals surface area contributed by atoms with Crippen molar-refractivity contribution in [3.8, 4) is 11.8 Å². The summed E-state index contributed by atoms with van der Waals surface area (Å²) >= 11 is 6.11. The molecule has 0 bridgehead atoms. The summed E-state index contributed by atoms with van der Waals surface area (Å²) in [4.78, 5) is 14.3. The highest BCUT2D eigenvalue weighted by Crippen LogP contribution is 2.27. The van der Waals surface area contributed by atoms with Crippen LogP contribution in [0.1, 0.15) is 28.8 Å². The monoisotopic (exact) mass is 340 g/mol. The number of carbonyl (C=O) groups excluding carboxylic acids is 1. The molecule has 1 aliphatic heterocycles. The molecule has 0 unspecified atom stereocenters. The second-order valence-corrected chi connectivity index (χ2v) is 6.14. The third kappa shape index (κ3) is 3.69. The molecule has 122 valence electrons. The van der Waals surface area contributed by atoms with Gasteiger partial charge < -0.3 is 9.64 Å². The normalized spacial score (nSPS) is 14.9. The Labute approximate surface area is 146 Å². The topological polar surface area (TPSA) is 53.3 Å². The van der Waals surface area contributed by atoms with E-state index >= 15 is 0 Å². The molecule has 2 aromatic rings. The number of para-hydroxylation sites is 1. The van der Waals surface area contributed by atoms with Gasteiger partial charge in [0.1, 0.15) is 11.9 Å². The minimum absolute atomic E-state index is 0.00400. The minimum atomic E-state index is -0.00400. The van der Waals surface area contributed by atoms with Crippen molar-refractivity contribution in [2.75, 3.05) is 13.1 Å². The second kappa shape index (κ2) is 7.37. The van der Waals surface area contributed by atoms with Gasteiger partial charge in [-0.3, -0.25) is 4.79 Å². The summed E-state index contributed by atoms with van der Waals surface area (Å²) in [6.07, 6.45) is 1.61. The molecule has 0 N–H and O–H groups in total. The van der Waals surface area contributed by atoms with Crippen LogP contribution in [0.4, 0.5) is 0 Å². The molecule has 0 radical (unpaired) electrons. The van der Waals surface area contributed by atoms with Gasteiger partial charge in [-0.25, -0.2) is 0 Å². The summed E-state index contributed by atoms with van der Waals surface area (Å²) in [6, 6.07) is 16.2. The van der Waals surface area contributed by atoms with Crippen LogP contribution in [0.15, 0.2) is 48.5 Å². The number of nitrogens with zero attached hydrogens (tertiary/aromatic N) is 2. The van der Waals surface area contributed by atoms with Gasteiger partial charge in [-0.15, -0.1) is 0 Å². The quantitative estimate of drug-likeness (QED) is 0.851. The van der Waals surface area contributed by atoms with E-state index in [9.17, 15) is 4.79 Å². The van der Waals surface area contributed by atoms with E-state index in [-0.39, 0.29) is 12.0 Å². The standard InChI is InChI=1S/C19H17ClN2O2/c20-17-3-1-2-4-18(17)24-16-9-11-22(12-10-16)19(23)15-7-5-14(13-21)6-8-15/h1-8,16H,9-12H2. The Morgan fingerprint density at radius 3 is 2.42 bits per heavy atom. The van der Waals surface area contributed by atoms with Crippen LogP contribution in [-0.2, 0) is 0 Å². The van der Waals surface area contributed by atoms with Gasteiger partial charge in [0.2, 0.25) is 0 Å². The first kappa shape index (κ1) is 16.4. The summed E-state index contributed by atoms with van der Waals surface area (Å²) in [5.41, 5.74) is 1.16. The van der Waals surface area contributed by atoms with Gasteiger partial charge in [-0.2, -0.15) is 5.26 Å². The predicted molar refractivity (Wildman–Crippen MR) is 92.2 cm³/mol. The number of halogens is 1. The molecule has 4 nitrogen and oxygen atoms in total. The first-order valence-corrected chi connectivity index (χ1v) is 8.26.